The normalized spacial score (nSPS) is 47.9. The Kier molecular flexibility index (Phi) is 4.28. The number of allylic oxidation sites excluding steroid dienone is 2. The van der Waals surface area contributed by atoms with Crippen molar-refractivity contribution in [2.24, 2.45) is 23.7 Å². The molecule has 3 aliphatic rings. The molecule has 0 amide bonds. The Morgan fingerprint density at radius 3 is 2.68 bits per heavy atom. The lowest BCUT2D eigenvalue weighted by atomic mass is 9.63. The van der Waals surface area contributed by atoms with E-state index in [0.29, 0.717) is 23.7 Å². The molecule has 0 unspecified atom stereocenters. The zero-order valence-electron chi connectivity index (χ0n) is 14.8. The van der Waals surface area contributed by atoms with E-state index in [0.717, 1.165) is 25.7 Å². The highest BCUT2D eigenvalue weighted by atomic mass is 16.5. The summed E-state index contributed by atoms with van der Waals surface area (Å²) in [7, 11) is 0. The van der Waals surface area contributed by atoms with Crippen LogP contribution in [0, 0.1) is 23.7 Å². The van der Waals surface area contributed by atoms with Gasteiger partial charge in [0.15, 0.2) is 0 Å². The highest BCUT2D eigenvalue weighted by Crippen LogP contribution is 2.53. The maximum absolute atomic E-state index is 11.1. The lowest BCUT2D eigenvalue weighted by Crippen LogP contribution is -2.47. The molecule has 2 nitrogen and oxygen atoms in total. The Morgan fingerprint density at radius 1 is 1.27 bits per heavy atom. The van der Waals surface area contributed by atoms with Crippen molar-refractivity contribution in [2.75, 3.05) is 0 Å². The number of hydrogen-bond donors (Lipinski definition) is 1. The van der Waals surface area contributed by atoms with Crippen LogP contribution in [0.15, 0.2) is 23.3 Å². The summed E-state index contributed by atoms with van der Waals surface area (Å²) < 4.78 is 6.53. The van der Waals surface area contributed by atoms with Gasteiger partial charge in [0.1, 0.15) is 0 Å². The zero-order chi connectivity index (χ0) is 16.1. The van der Waals surface area contributed by atoms with Crippen molar-refractivity contribution in [3.05, 3.63) is 23.3 Å². The summed E-state index contributed by atoms with van der Waals surface area (Å²) in [5, 5.41) is 11.1. The van der Waals surface area contributed by atoms with E-state index in [1.807, 2.05) is 6.92 Å². The maximum atomic E-state index is 11.1. The largest absolute Gasteiger partial charge is 0.387 e. The van der Waals surface area contributed by atoms with Gasteiger partial charge in [-0.1, -0.05) is 37.1 Å². The van der Waals surface area contributed by atoms with Crippen LogP contribution in [0.2, 0.25) is 0 Å². The summed E-state index contributed by atoms with van der Waals surface area (Å²) in [4.78, 5) is 0. The van der Waals surface area contributed by atoms with Crippen LogP contribution in [-0.4, -0.2) is 22.9 Å². The molecule has 0 aromatic rings. The Bertz CT molecular complexity index is 486. The Labute approximate surface area is 135 Å². The highest BCUT2D eigenvalue weighted by molar-refractivity contribution is 5.21. The minimum absolute atomic E-state index is 0.0159. The fourth-order valence-corrected chi connectivity index (χ4v) is 5.11. The average Bonchev–Trinajstić information content (AvgIpc) is 2.80. The van der Waals surface area contributed by atoms with E-state index in [-0.39, 0.29) is 12.2 Å². The Balaban J connectivity index is 2.03. The minimum atomic E-state index is -0.719. The monoisotopic (exact) mass is 304 g/mol. The molecule has 2 heterocycles. The van der Waals surface area contributed by atoms with Crippen LogP contribution in [0.5, 0.6) is 0 Å². The summed E-state index contributed by atoms with van der Waals surface area (Å²) in [6.07, 6.45) is 8.89. The molecule has 0 aromatic carbocycles. The average molecular weight is 304 g/mol. The fraction of sp³-hybridized carbons (Fsp3) is 0.800. The first kappa shape index (κ1) is 16.3. The van der Waals surface area contributed by atoms with Gasteiger partial charge < -0.3 is 9.84 Å². The molecule has 2 aliphatic heterocycles. The van der Waals surface area contributed by atoms with Crippen molar-refractivity contribution in [2.45, 2.75) is 78.1 Å². The molecule has 1 fully saturated rings. The molecule has 22 heavy (non-hydrogen) atoms. The molecule has 1 saturated heterocycles. The smallest absolute Gasteiger partial charge is 0.0901 e. The van der Waals surface area contributed by atoms with Gasteiger partial charge in [-0.3, -0.25) is 0 Å². The summed E-state index contributed by atoms with van der Waals surface area (Å²) in [5.41, 5.74) is 2.18. The molecule has 2 heteroatoms. The molecule has 0 saturated carbocycles. The SMILES string of the molecule is CC1=CC[C@H](C(C)C)[C@@H]2[C@H]1[C@H]1C/C(C)=C\CC[C@@](C)(O)[C@@H]2O1. The standard InChI is InChI=1S/C20H32O2/c1-12(2)15-9-8-14(4)17-16-11-13(3)7-6-10-20(5,21)19(22-16)18(15)17/h7-8,12,15-19,21H,6,9-11H2,1-5H3/b13-7-/t15-,16-,17-,18-,19-,20-/m1/s1. The molecule has 124 valence electrons. The van der Waals surface area contributed by atoms with Crippen LogP contribution < -0.4 is 0 Å². The van der Waals surface area contributed by atoms with Gasteiger partial charge in [-0.05, 0) is 58.3 Å². The van der Waals surface area contributed by atoms with Gasteiger partial charge in [-0.15, -0.1) is 0 Å². The van der Waals surface area contributed by atoms with E-state index in [9.17, 15) is 5.11 Å². The van der Waals surface area contributed by atoms with Crippen molar-refractivity contribution >= 4 is 0 Å². The third-order valence-corrected chi connectivity index (χ3v) is 6.35. The van der Waals surface area contributed by atoms with Crippen molar-refractivity contribution < 1.29 is 9.84 Å². The van der Waals surface area contributed by atoms with Crippen molar-refractivity contribution in [1.29, 1.82) is 0 Å². The number of aliphatic hydroxyl groups is 1. The van der Waals surface area contributed by atoms with E-state index in [1.165, 1.54) is 11.1 Å². The molecule has 0 radical (unpaired) electrons. The van der Waals surface area contributed by atoms with Crippen LogP contribution in [-0.2, 0) is 4.74 Å². The van der Waals surface area contributed by atoms with Crippen LogP contribution in [0.4, 0.5) is 0 Å². The predicted octanol–water partition coefficient (Wildman–Crippen LogP) is 4.49. The second kappa shape index (κ2) is 5.79. The quantitative estimate of drug-likeness (QED) is 0.723. The number of ether oxygens (including phenoxy) is 1. The molecule has 1 N–H and O–H groups in total. The lowest BCUT2D eigenvalue weighted by Gasteiger charge is -2.42. The maximum Gasteiger partial charge on any atom is 0.0901 e. The van der Waals surface area contributed by atoms with Crippen LogP contribution in [0.1, 0.15) is 60.3 Å². The topological polar surface area (TPSA) is 29.5 Å². The molecule has 0 aromatic heterocycles. The number of rotatable bonds is 1. The molecular weight excluding hydrogens is 272 g/mol. The van der Waals surface area contributed by atoms with Gasteiger partial charge in [-0.2, -0.15) is 0 Å². The summed E-state index contributed by atoms with van der Waals surface area (Å²) in [5.74, 6) is 2.21. The summed E-state index contributed by atoms with van der Waals surface area (Å²) in [6, 6.07) is 0. The molecule has 3 rings (SSSR count). The Hall–Kier alpha value is -0.600. The van der Waals surface area contributed by atoms with E-state index in [1.54, 1.807) is 0 Å². The van der Waals surface area contributed by atoms with Gasteiger partial charge in [0.2, 0.25) is 0 Å². The van der Waals surface area contributed by atoms with Gasteiger partial charge in [0.05, 0.1) is 17.8 Å². The van der Waals surface area contributed by atoms with Crippen LogP contribution >= 0.6 is 0 Å². The van der Waals surface area contributed by atoms with Crippen molar-refractivity contribution in [3.8, 4) is 0 Å². The van der Waals surface area contributed by atoms with Gasteiger partial charge in [0.25, 0.3) is 0 Å². The molecular formula is C20H32O2. The summed E-state index contributed by atoms with van der Waals surface area (Å²) >= 11 is 0. The summed E-state index contributed by atoms with van der Waals surface area (Å²) in [6.45, 7) is 11.1. The molecule has 0 spiro atoms. The minimum Gasteiger partial charge on any atom is -0.387 e. The fourth-order valence-electron chi connectivity index (χ4n) is 5.11. The number of hydrogen-bond acceptors (Lipinski definition) is 2. The van der Waals surface area contributed by atoms with Gasteiger partial charge in [0, 0.05) is 11.8 Å². The van der Waals surface area contributed by atoms with E-state index >= 15 is 0 Å². The third kappa shape index (κ3) is 2.69. The third-order valence-electron chi connectivity index (χ3n) is 6.35. The van der Waals surface area contributed by atoms with Crippen LogP contribution in [0.3, 0.4) is 0 Å². The first-order valence-corrected chi connectivity index (χ1v) is 9.01. The molecule has 6 atom stereocenters. The molecule has 2 bridgehead atoms. The van der Waals surface area contributed by atoms with Gasteiger partial charge >= 0.3 is 0 Å². The zero-order valence-corrected chi connectivity index (χ0v) is 14.8. The van der Waals surface area contributed by atoms with E-state index < -0.39 is 5.60 Å². The highest BCUT2D eigenvalue weighted by Gasteiger charge is 2.55. The van der Waals surface area contributed by atoms with Gasteiger partial charge in [-0.25, -0.2) is 0 Å². The van der Waals surface area contributed by atoms with Crippen LogP contribution in [0.25, 0.3) is 0 Å². The number of fused-ring (bicyclic) bond motifs is 5. The van der Waals surface area contributed by atoms with E-state index in [4.69, 9.17) is 4.74 Å². The first-order chi connectivity index (χ1) is 10.3. The van der Waals surface area contributed by atoms with Crippen molar-refractivity contribution in [3.63, 3.8) is 0 Å². The van der Waals surface area contributed by atoms with Crippen molar-refractivity contribution in [1.82, 2.24) is 0 Å². The predicted molar refractivity (Wildman–Crippen MR) is 90.6 cm³/mol. The second-order valence-electron chi connectivity index (χ2n) is 8.44. The second-order valence-corrected chi connectivity index (χ2v) is 8.44. The lowest BCUT2D eigenvalue weighted by molar-refractivity contribution is -0.115. The first-order valence-electron chi connectivity index (χ1n) is 9.01. The van der Waals surface area contributed by atoms with E-state index in [2.05, 4.69) is 39.8 Å². The molecule has 1 aliphatic carbocycles. The Morgan fingerprint density at radius 2 is 2.00 bits per heavy atom.